The number of carbonyl (C=O) groups is 1. The van der Waals surface area contributed by atoms with Gasteiger partial charge in [-0.2, -0.15) is 9.97 Å². The molecule has 2 aromatic heterocycles. The second-order valence-electron chi connectivity index (χ2n) is 7.03. The molecular formula is C20H23IN6O2S. The van der Waals surface area contributed by atoms with Gasteiger partial charge in [-0.1, -0.05) is 0 Å². The minimum absolute atomic E-state index is 0.0721. The van der Waals surface area contributed by atoms with Gasteiger partial charge in [-0.05, 0) is 44.3 Å². The van der Waals surface area contributed by atoms with E-state index in [-0.39, 0.29) is 5.91 Å². The maximum absolute atomic E-state index is 12.7. The quantitative estimate of drug-likeness (QED) is 0.479. The van der Waals surface area contributed by atoms with Gasteiger partial charge >= 0.3 is 0 Å². The van der Waals surface area contributed by atoms with Gasteiger partial charge in [-0.15, -0.1) is 0 Å². The lowest BCUT2D eigenvalue weighted by Crippen LogP contribution is -2.47. The van der Waals surface area contributed by atoms with Crippen LogP contribution in [0.15, 0.2) is 36.5 Å². The van der Waals surface area contributed by atoms with E-state index in [0.717, 1.165) is 42.9 Å². The molecular weight excluding hydrogens is 515 g/mol. The van der Waals surface area contributed by atoms with E-state index < -0.39 is 0 Å². The van der Waals surface area contributed by atoms with Crippen LogP contribution in [0.2, 0.25) is 0 Å². The standard InChI is InChI=1S/C20H23IN6O2S/c1-3-29-18-16-8-9-27(30-21)17(16)23-20(24-18)22-15-6-4-14(5-7-15)19(28)26-12-10-25(2)11-13-26/h4-9H,3,10-13H2,1-2H3,(H,22,23,24). The van der Waals surface area contributed by atoms with Gasteiger partial charge < -0.3 is 19.9 Å². The summed E-state index contributed by atoms with van der Waals surface area (Å²) in [6.45, 7) is 5.79. The first-order chi connectivity index (χ1) is 14.6. The zero-order chi connectivity index (χ0) is 21.1. The molecule has 158 valence electrons. The van der Waals surface area contributed by atoms with Crippen molar-refractivity contribution in [2.45, 2.75) is 6.92 Å². The number of benzene rings is 1. The molecule has 0 bridgehead atoms. The third-order valence-electron chi connectivity index (χ3n) is 5.01. The van der Waals surface area contributed by atoms with E-state index in [1.165, 1.54) is 9.12 Å². The molecule has 0 spiro atoms. The third kappa shape index (κ3) is 4.49. The minimum atomic E-state index is 0.0721. The molecule has 1 amide bonds. The molecule has 10 heteroatoms. The van der Waals surface area contributed by atoms with Gasteiger partial charge in [0, 0.05) is 74.0 Å². The predicted molar refractivity (Wildman–Crippen MR) is 129 cm³/mol. The van der Waals surface area contributed by atoms with Crippen molar-refractivity contribution < 1.29 is 9.53 Å². The Balaban J connectivity index is 1.53. The first kappa shape index (κ1) is 21.2. The molecule has 3 aromatic rings. The summed E-state index contributed by atoms with van der Waals surface area (Å²) in [6.07, 6.45) is 1.95. The summed E-state index contributed by atoms with van der Waals surface area (Å²) in [5, 5.41) is 4.10. The highest BCUT2D eigenvalue weighted by Gasteiger charge is 2.20. The van der Waals surface area contributed by atoms with E-state index in [4.69, 9.17) is 4.74 Å². The molecule has 1 aliphatic heterocycles. The monoisotopic (exact) mass is 538 g/mol. The number of carbonyl (C=O) groups excluding carboxylic acids is 1. The van der Waals surface area contributed by atoms with Crippen LogP contribution in [0.4, 0.5) is 11.6 Å². The lowest BCUT2D eigenvalue weighted by atomic mass is 10.1. The average molecular weight is 538 g/mol. The van der Waals surface area contributed by atoms with Crippen LogP contribution in [0.3, 0.4) is 0 Å². The third-order valence-corrected chi connectivity index (χ3v) is 6.73. The molecule has 30 heavy (non-hydrogen) atoms. The maximum Gasteiger partial charge on any atom is 0.253 e. The average Bonchev–Trinajstić information content (AvgIpc) is 3.18. The van der Waals surface area contributed by atoms with Crippen molar-refractivity contribution in [2.75, 3.05) is 45.2 Å². The highest BCUT2D eigenvalue weighted by atomic mass is 127. The normalized spacial score (nSPS) is 14.8. The Kier molecular flexibility index (Phi) is 6.64. The number of aromatic nitrogens is 3. The summed E-state index contributed by atoms with van der Waals surface area (Å²) in [4.78, 5) is 26.0. The summed E-state index contributed by atoms with van der Waals surface area (Å²) in [5.41, 5.74) is 2.29. The minimum Gasteiger partial charge on any atom is -0.477 e. The summed E-state index contributed by atoms with van der Waals surface area (Å²) in [6, 6.07) is 9.39. The van der Waals surface area contributed by atoms with Gasteiger partial charge in [-0.25, -0.2) is 0 Å². The Morgan fingerprint density at radius 3 is 2.57 bits per heavy atom. The smallest absolute Gasteiger partial charge is 0.253 e. The number of ether oxygens (including phenoxy) is 1. The number of piperazine rings is 1. The molecule has 0 atom stereocenters. The predicted octanol–water partition coefficient (Wildman–Crippen LogP) is 3.81. The van der Waals surface area contributed by atoms with Crippen molar-refractivity contribution in [3.63, 3.8) is 0 Å². The number of rotatable bonds is 6. The van der Waals surface area contributed by atoms with Crippen molar-refractivity contribution in [1.82, 2.24) is 23.7 Å². The molecule has 3 heterocycles. The highest BCUT2D eigenvalue weighted by molar-refractivity contribution is 14.2. The Morgan fingerprint density at radius 1 is 1.17 bits per heavy atom. The molecule has 1 aliphatic rings. The van der Waals surface area contributed by atoms with Crippen LogP contribution >= 0.6 is 30.3 Å². The molecule has 1 aromatic carbocycles. The van der Waals surface area contributed by atoms with Gasteiger partial charge in [0.05, 0.1) is 12.0 Å². The lowest BCUT2D eigenvalue weighted by molar-refractivity contribution is 0.0664. The molecule has 0 aliphatic carbocycles. The number of hydrogen-bond donors (Lipinski definition) is 1. The molecule has 1 saturated heterocycles. The Bertz CT molecular complexity index is 1030. The van der Waals surface area contributed by atoms with Crippen LogP contribution in [-0.2, 0) is 0 Å². The number of nitrogens with one attached hydrogen (secondary N) is 1. The topological polar surface area (TPSA) is 75.5 Å². The number of hydrogen-bond acceptors (Lipinski definition) is 7. The molecule has 0 radical (unpaired) electrons. The Labute approximate surface area is 191 Å². The van der Waals surface area contributed by atoms with E-state index in [9.17, 15) is 4.79 Å². The highest BCUT2D eigenvalue weighted by Crippen LogP contribution is 2.30. The van der Waals surface area contributed by atoms with Crippen molar-refractivity contribution in [2.24, 2.45) is 0 Å². The summed E-state index contributed by atoms with van der Waals surface area (Å²) < 4.78 is 7.67. The summed E-state index contributed by atoms with van der Waals surface area (Å²) >= 11 is 2.21. The van der Waals surface area contributed by atoms with E-state index in [2.05, 4.69) is 48.4 Å². The van der Waals surface area contributed by atoms with Crippen molar-refractivity contribution >= 4 is 58.9 Å². The zero-order valence-corrected chi connectivity index (χ0v) is 19.8. The van der Waals surface area contributed by atoms with Gasteiger partial charge in [0.1, 0.15) is 0 Å². The number of halogens is 1. The lowest BCUT2D eigenvalue weighted by Gasteiger charge is -2.32. The fourth-order valence-corrected chi connectivity index (χ4v) is 4.60. The van der Waals surface area contributed by atoms with Crippen LogP contribution in [0.5, 0.6) is 5.88 Å². The number of fused-ring (bicyclic) bond motifs is 1. The molecule has 1 fully saturated rings. The summed E-state index contributed by atoms with van der Waals surface area (Å²) in [5.74, 6) is 1.08. The number of anilines is 2. The van der Waals surface area contributed by atoms with Gasteiger partial charge in [-0.3, -0.25) is 8.77 Å². The van der Waals surface area contributed by atoms with Crippen LogP contribution in [0, 0.1) is 0 Å². The van der Waals surface area contributed by atoms with Crippen molar-refractivity contribution in [3.8, 4) is 5.88 Å². The second-order valence-corrected chi connectivity index (χ2v) is 8.74. The van der Waals surface area contributed by atoms with Gasteiger partial charge in [0.25, 0.3) is 5.91 Å². The van der Waals surface area contributed by atoms with E-state index in [1.54, 1.807) is 0 Å². The van der Waals surface area contributed by atoms with Crippen LogP contribution in [-0.4, -0.2) is 69.5 Å². The molecule has 4 rings (SSSR count). The van der Waals surface area contributed by atoms with Crippen LogP contribution < -0.4 is 10.1 Å². The summed E-state index contributed by atoms with van der Waals surface area (Å²) in [7, 11) is 3.61. The molecule has 1 N–H and O–H groups in total. The number of nitrogens with zero attached hydrogens (tertiary/aromatic N) is 5. The van der Waals surface area contributed by atoms with Gasteiger partial charge in [0.15, 0.2) is 5.65 Å². The fraction of sp³-hybridized carbons (Fsp3) is 0.350. The Morgan fingerprint density at radius 2 is 1.90 bits per heavy atom. The van der Waals surface area contributed by atoms with E-state index >= 15 is 0 Å². The van der Waals surface area contributed by atoms with Crippen LogP contribution in [0.25, 0.3) is 11.0 Å². The number of amides is 1. The number of likely N-dealkylation sites (N-methyl/N-ethyl adjacent to an activating group) is 1. The molecule has 0 unspecified atom stereocenters. The van der Waals surface area contributed by atoms with Crippen LogP contribution in [0.1, 0.15) is 17.3 Å². The van der Waals surface area contributed by atoms with E-state index in [0.29, 0.717) is 24.0 Å². The molecule has 8 nitrogen and oxygen atoms in total. The first-order valence-corrected chi connectivity index (χ1v) is 13.1. The molecule has 0 saturated carbocycles. The van der Waals surface area contributed by atoms with Gasteiger partial charge in [0.2, 0.25) is 11.8 Å². The first-order valence-electron chi connectivity index (χ1n) is 9.75. The SMILES string of the molecule is CCOc1nc(Nc2ccc(C(=O)N3CCN(C)CC3)cc2)nc2c1ccn2SI. The van der Waals surface area contributed by atoms with E-state index in [1.807, 2.05) is 52.3 Å². The zero-order valence-electron chi connectivity index (χ0n) is 16.8. The fourth-order valence-electron chi connectivity index (χ4n) is 3.34. The second kappa shape index (κ2) is 9.40. The Hall–Kier alpha value is -2.05. The van der Waals surface area contributed by atoms with Crippen molar-refractivity contribution in [3.05, 3.63) is 42.1 Å². The maximum atomic E-state index is 12.7. The van der Waals surface area contributed by atoms with Crippen molar-refractivity contribution in [1.29, 1.82) is 0 Å². The largest absolute Gasteiger partial charge is 0.477 e.